The molecule has 0 saturated carbocycles. The van der Waals surface area contributed by atoms with Crippen molar-refractivity contribution in [1.82, 2.24) is 15.6 Å². The second-order valence-electron chi connectivity index (χ2n) is 6.26. The highest BCUT2D eigenvalue weighted by molar-refractivity contribution is 14.0. The van der Waals surface area contributed by atoms with Gasteiger partial charge in [0.05, 0.1) is 6.54 Å². The average molecular weight is 485 g/mol. The lowest BCUT2D eigenvalue weighted by atomic mass is 10.1. The van der Waals surface area contributed by atoms with Gasteiger partial charge in [-0.25, -0.2) is 4.98 Å². The summed E-state index contributed by atoms with van der Waals surface area (Å²) in [6, 6.07) is 11.0. The number of hydrogen-bond donors (Lipinski definition) is 2. The fraction of sp³-hybridized carbons (Fsp3) is 0.474. The molecule has 0 bridgehead atoms. The van der Waals surface area contributed by atoms with Crippen LogP contribution in [-0.4, -0.2) is 37.1 Å². The second kappa shape index (κ2) is 10.7. The zero-order chi connectivity index (χ0) is 17.5. The van der Waals surface area contributed by atoms with Gasteiger partial charge in [0.15, 0.2) is 5.96 Å². The van der Waals surface area contributed by atoms with Crippen LogP contribution in [0.3, 0.4) is 0 Å². The monoisotopic (exact) mass is 485 g/mol. The van der Waals surface area contributed by atoms with Gasteiger partial charge in [0, 0.05) is 42.9 Å². The zero-order valence-corrected chi connectivity index (χ0v) is 18.6. The molecule has 2 N–H and O–H groups in total. The van der Waals surface area contributed by atoms with E-state index in [2.05, 4.69) is 62.8 Å². The summed E-state index contributed by atoms with van der Waals surface area (Å²) in [6.07, 6.45) is 5.37. The number of hydrogen-bond acceptors (Lipinski definition) is 4. The molecule has 3 rings (SSSR count). The van der Waals surface area contributed by atoms with E-state index >= 15 is 0 Å². The van der Waals surface area contributed by atoms with Crippen molar-refractivity contribution in [3.8, 4) is 0 Å². The molecule has 1 aliphatic heterocycles. The van der Waals surface area contributed by atoms with Crippen LogP contribution in [0.1, 0.15) is 29.7 Å². The molecular weight excluding hydrogens is 457 g/mol. The van der Waals surface area contributed by atoms with Gasteiger partial charge in [-0.15, -0.1) is 35.3 Å². The Hall–Kier alpha value is -1.35. The van der Waals surface area contributed by atoms with Crippen LogP contribution in [0.5, 0.6) is 0 Å². The number of piperidine rings is 1. The normalized spacial score (nSPS) is 17.5. The smallest absolute Gasteiger partial charge is 0.191 e. The van der Waals surface area contributed by atoms with Gasteiger partial charge in [-0.1, -0.05) is 25.1 Å². The van der Waals surface area contributed by atoms with E-state index in [1.54, 1.807) is 11.3 Å². The molecule has 142 valence electrons. The minimum Gasteiger partial charge on any atom is -0.369 e. The van der Waals surface area contributed by atoms with Gasteiger partial charge < -0.3 is 15.5 Å². The molecule has 0 amide bonds. The van der Waals surface area contributed by atoms with Crippen LogP contribution in [0.25, 0.3) is 0 Å². The molecule has 1 aromatic carbocycles. The first-order valence-corrected chi connectivity index (χ1v) is 9.81. The van der Waals surface area contributed by atoms with Gasteiger partial charge in [0.25, 0.3) is 0 Å². The van der Waals surface area contributed by atoms with Gasteiger partial charge in [-0.2, -0.15) is 0 Å². The standard InChI is InChI=1S/C19H27N5S.HI/c1-3-17-12-21-18(25-17)13-22-19(20-2)23-15-8-7-11-24(14-15)16-9-5-4-6-10-16;/h4-6,9-10,12,15H,3,7-8,11,13-14H2,1-2H3,(H2,20,22,23);1H. The van der Waals surface area contributed by atoms with E-state index in [1.807, 2.05) is 13.2 Å². The maximum atomic E-state index is 4.46. The van der Waals surface area contributed by atoms with Crippen molar-refractivity contribution >= 4 is 47.0 Å². The number of aromatic nitrogens is 1. The van der Waals surface area contributed by atoms with E-state index in [-0.39, 0.29) is 24.0 Å². The lowest BCUT2D eigenvalue weighted by Gasteiger charge is -2.35. The first kappa shape index (κ1) is 21.0. The summed E-state index contributed by atoms with van der Waals surface area (Å²) in [5.74, 6) is 0.855. The van der Waals surface area contributed by atoms with Crippen molar-refractivity contribution in [2.45, 2.75) is 38.8 Å². The Labute approximate surface area is 177 Å². The minimum atomic E-state index is 0. The summed E-state index contributed by atoms with van der Waals surface area (Å²) in [4.78, 5) is 12.6. The third-order valence-electron chi connectivity index (χ3n) is 4.46. The predicted molar refractivity (Wildman–Crippen MR) is 122 cm³/mol. The van der Waals surface area contributed by atoms with Gasteiger partial charge in [-0.3, -0.25) is 4.99 Å². The number of guanidine groups is 1. The Bertz CT molecular complexity index is 688. The van der Waals surface area contributed by atoms with Crippen molar-refractivity contribution in [2.75, 3.05) is 25.0 Å². The van der Waals surface area contributed by atoms with E-state index < -0.39 is 0 Å². The number of nitrogens with one attached hydrogen (secondary N) is 2. The summed E-state index contributed by atoms with van der Waals surface area (Å²) < 4.78 is 0. The molecule has 1 saturated heterocycles. The number of para-hydroxylation sites is 1. The van der Waals surface area contributed by atoms with E-state index in [1.165, 1.54) is 23.4 Å². The molecule has 0 aliphatic carbocycles. The molecule has 0 spiro atoms. The quantitative estimate of drug-likeness (QED) is 0.386. The van der Waals surface area contributed by atoms with Crippen molar-refractivity contribution in [3.63, 3.8) is 0 Å². The maximum absolute atomic E-state index is 4.46. The highest BCUT2D eigenvalue weighted by Crippen LogP contribution is 2.19. The van der Waals surface area contributed by atoms with Crippen LogP contribution in [0, 0.1) is 0 Å². The molecule has 1 fully saturated rings. The van der Waals surface area contributed by atoms with Crippen LogP contribution in [-0.2, 0) is 13.0 Å². The van der Waals surface area contributed by atoms with E-state index in [0.717, 1.165) is 37.0 Å². The molecule has 1 atom stereocenters. The molecule has 5 nitrogen and oxygen atoms in total. The topological polar surface area (TPSA) is 52.6 Å². The number of thiazole rings is 1. The Morgan fingerprint density at radius 2 is 2.15 bits per heavy atom. The highest BCUT2D eigenvalue weighted by atomic mass is 127. The van der Waals surface area contributed by atoms with Crippen LogP contribution in [0.15, 0.2) is 41.5 Å². The molecular formula is C19H28IN5S. The molecule has 2 aromatic rings. The summed E-state index contributed by atoms with van der Waals surface area (Å²) in [5, 5.41) is 8.07. The van der Waals surface area contributed by atoms with Gasteiger partial charge in [0.2, 0.25) is 0 Å². The Morgan fingerprint density at radius 1 is 1.35 bits per heavy atom. The molecule has 0 radical (unpaired) electrons. The third-order valence-corrected chi connectivity index (χ3v) is 5.61. The van der Waals surface area contributed by atoms with Crippen LogP contribution in [0.2, 0.25) is 0 Å². The summed E-state index contributed by atoms with van der Waals surface area (Å²) in [7, 11) is 1.83. The Balaban J connectivity index is 0.00000243. The molecule has 2 heterocycles. The fourth-order valence-electron chi connectivity index (χ4n) is 3.11. The lowest BCUT2D eigenvalue weighted by molar-refractivity contribution is 0.468. The van der Waals surface area contributed by atoms with E-state index in [0.29, 0.717) is 6.04 Å². The molecule has 26 heavy (non-hydrogen) atoms. The number of anilines is 1. The first-order chi connectivity index (χ1) is 12.3. The van der Waals surface area contributed by atoms with Crippen LogP contribution < -0.4 is 15.5 Å². The minimum absolute atomic E-state index is 0. The largest absolute Gasteiger partial charge is 0.369 e. The van der Waals surface area contributed by atoms with Crippen molar-refractivity contribution in [3.05, 3.63) is 46.4 Å². The SMILES string of the molecule is CCc1cnc(CNC(=NC)NC2CCCN(c3ccccc3)C2)s1.I. The zero-order valence-electron chi connectivity index (χ0n) is 15.4. The number of aryl methyl sites for hydroxylation is 1. The second-order valence-corrected chi connectivity index (χ2v) is 7.46. The molecule has 1 unspecified atom stereocenters. The Morgan fingerprint density at radius 3 is 2.85 bits per heavy atom. The van der Waals surface area contributed by atoms with Crippen molar-refractivity contribution < 1.29 is 0 Å². The lowest BCUT2D eigenvalue weighted by Crippen LogP contribution is -2.51. The van der Waals surface area contributed by atoms with Crippen molar-refractivity contribution in [1.29, 1.82) is 0 Å². The van der Waals surface area contributed by atoms with Gasteiger partial charge >= 0.3 is 0 Å². The van der Waals surface area contributed by atoms with Crippen LogP contribution >= 0.6 is 35.3 Å². The van der Waals surface area contributed by atoms with E-state index in [4.69, 9.17) is 0 Å². The third kappa shape index (κ3) is 5.84. The van der Waals surface area contributed by atoms with Gasteiger partial charge in [-0.05, 0) is 31.4 Å². The highest BCUT2D eigenvalue weighted by Gasteiger charge is 2.20. The molecule has 7 heteroatoms. The van der Waals surface area contributed by atoms with Crippen LogP contribution in [0.4, 0.5) is 5.69 Å². The van der Waals surface area contributed by atoms with E-state index in [9.17, 15) is 0 Å². The number of nitrogens with zero attached hydrogens (tertiary/aromatic N) is 3. The average Bonchev–Trinajstić information content (AvgIpc) is 3.14. The summed E-state index contributed by atoms with van der Waals surface area (Å²) in [5.41, 5.74) is 1.30. The molecule has 1 aromatic heterocycles. The Kier molecular flexibility index (Phi) is 8.64. The number of aliphatic imine (C=N–C) groups is 1. The van der Waals surface area contributed by atoms with Crippen molar-refractivity contribution in [2.24, 2.45) is 4.99 Å². The number of halogens is 1. The maximum Gasteiger partial charge on any atom is 0.191 e. The number of benzene rings is 1. The first-order valence-electron chi connectivity index (χ1n) is 8.99. The number of rotatable bonds is 5. The predicted octanol–water partition coefficient (Wildman–Crippen LogP) is 3.66. The summed E-state index contributed by atoms with van der Waals surface area (Å²) in [6.45, 7) is 5.00. The molecule has 1 aliphatic rings. The van der Waals surface area contributed by atoms with Gasteiger partial charge in [0.1, 0.15) is 5.01 Å². The summed E-state index contributed by atoms with van der Waals surface area (Å²) >= 11 is 1.76. The fourth-order valence-corrected chi connectivity index (χ4v) is 3.91.